The minimum Gasteiger partial charge on any atom is -0.355 e. The van der Waals surface area contributed by atoms with Gasteiger partial charge in [0, 0.05) is 31.1 Å². The van der Waals surface area contributed by atoms with Gasteiger partial charge in [0.1, 0.15) is 6.04 Å². The smallest absolute Gasteiger partial charge is 0.266 e. The number of carbonyl (C=O) groups is 2. The molecule has 0 spiro atoms. The Balaban J connectivity index is 1.51. The third kappa shape index (κ3) is 4.54. The van der Waals surface area contributed by atoms with Gasteiger partial charge >= 0.3 is 0 Å². The predicted molar refractivity (Wildman–Crippen MR) is 95.9 cm³/mol. The van der Waals surface area contributed by atoms with Crippen LogP contribution in [0.5, 0.6) is 0 Å². The van der Waals surface area contributed by atoms with Crippen molar-refractivity contribution < 1.29 is 9.59 Å². The maximum absolute atomic E-state index is 12.0. The lowest BCUT2D eigenvalue weighted by Crippen LogP contribution is -2.55. The highest BCUT2D eigenvalue weighted by Crippen LogP contribution is 2.13. The van der Waals surface area contributed by atoms with Gasteiger partial charge in [0.15, 0.2) is 0 Å². The average Bonchev–Trinajstić information content (AvgIpc) is 2.67. The zero-order chi connectivity index (χ0) is 18.4. The van der Waals surface area contributed by atoms with Gasteiger partial charge in [0.05, 0.1) is 5.69 Å². The topological polar surface area (TPSA) is 105 Å². The molecule has 3 N–H and O–H groups in total. The number of aryl methyl sites for hydroxylation is 1. The fourth-order valence-electron chi connectivity index (χ4n) is 2.71. The second kappa shape index (κ2) is 8.39. The summed E-state index contributed by atoms with van der Waals surface area (Å²) in [7, 11) is 0. The molecule has 1 aliphatic heterocycles. The number of aromatic nitrogens is 2. The highest BCUT2D eigenvalue weighted by Gasteiger charge is 2.23. The second-order valence-electron chi connectivity index (χ2n) is 6.07. The Bertz CT molecular complexity index is 824. The van der Waals surface area contributed by atoms with E-state index in [0.717, 1.165) is 11.3 Å². The van der Waals surface area contributed by atoms with Gasteiger partial charge in [-0.2, -0.15) is 5.10 Å². The Kier molecular flexibility index (Phi) is 5.75. The Labute approximate surface area is 150 Å². The monoisotopic (exact) mass is 355 g/mol. The van der Waals surface area contributed by atoms with Crippen LogP contribution >= 0.6 is 0 Å². The minimum absolute atomic E-state index is 0.113. The molecule has 1 saturated heterocycles. The number of hydrogen-bond acceptors (Lipinski definition) is 5. The van der Waals surface area contributed by atoms with Crippen molar-refractivity contribution in [2.75, 3.05) is 6.54 Å². The average molecular weight is 355 g/mol. The third-order valence-corrected chi connectivity index (χ3v) is 4.14. The largest absolute Gasteiger partial charge is 0.355 e. The van der Waals surface area contributed by atoms with E-state index < -0.39 is 6.04 Å². The molecule has 2 heterocycles. The van der Waals surface area contributed by atoms with Gasteiger partial charge in [-0.1, -0.05) is 30.3 Å². The summed E-state index contributed by atoms with van der Waals surface area (Å²) in [4.78, 5) is 35.1. The number of hydrogen-bond donors (Lipinski definition) is 3. The van der Waals surface area contributed by atoms with Crippen LogP contribution in [0.25, 0.3) is 11.3 Å². The van der Waals surface area contributed by atoms with Crippen LogP contribution in [0.4, 0.5) is 0 Å². The molecule has 1 aliphatic rings. The van der Waals surface area contributed by atoms with Crippen molar-refractivity contribution in [2.45, 2.75) is 31.8 Å². The van der Waals surface area contributed by atoms with E-state index in [1.54, 1.807) is 6.07 Å². The van der Waals surface area contributed by atoms with Crippen molar-refractivity contribution >= 4 is 11.8 Å². The molecule has 1 aromatic heterocycles. The second-order valence-corrected chi connectivity index (χ2v) is 6.07. The summed E-state index contributed by atoms with van der Waals surface area (Å²) in [5, 5.41) is 7.20. The molecule has 0 radical (unpaired) electrons. The number of nitrogens with one attached hydrogen (secondary N) is 3. The van der Waals surface area contributed by atoms with E-state index in [9.17, 15) is 14.4 Å². The first kappa shape index (κ1) is 17.8. The number of amides is 2. The highest BCUT2D eigenvalue weighted by molar-refractivity contribution is 5.85. The predicted octanol–water partition coefficient (Wildman–Crippen LogP) is 0.200. The lowest BCUT2D eigenvalue weighted by molar-refractivity contribution is -0.128. The van der Waals surface area contributed by atoms with Crippen LogP contribution in [0.2, 0.25) is 0 Å². The molecule has 2 aromatic rings. The Morgan fingerprint density at radius 3 is 2.73 bits per heavy atom. The van der Waals surface area contributed by atoms with E-state index in [1.165, 1.54) is 10.7 Å². The molecule has 26 heavy (non-hydrogen) atoms. The summed E-state index contributed by atoms with van der Waals surface area (Å²) in [5.41, 5.74) is 6.64. The number of hydrazine groups is 1. The molecule has 0 saturated carbocycles. The molecule has 8 nitrogen and oxygen atoms in total. The highest BCUT2D eigenvalue weighted by atomic mass is 16.2. The van der Waals surface area contributed by atoms with E-state index in [-0.39, 0.29) is 17.4 Å². The lowest BCUT2D eigenvalue weighted by Gasteiger charge is -2.22. The molecule has 1 atom stereocenters. The zero-order valence-electron chi connectivity index (χ0n) is 14.3. The zero-order valence-corrected chi connectivity index (χ0v) is 14.3. The van der Waals surface area contributed by atoms with Gasteiger partial charge < -0.3 is 5.32 Å². The van der Waals surface area contributed by atoms with Gasteiger partial charge in [-0.15, -0.1) is 0 Å². The summed E-state index contributed by atoms with van der Waals surface area (Å²) in [6.07, 6.45) is 1.38. The van der Waals surface area contributed by atoms with Crippen molar-refractivity contribution in [3.63, 3.8) is 0 Å². The Hall–Kier alpha value is -3.00. The summed E-state index contributed by atoms with van der Waals surface area (Å²) in [6.45, 7) is 0.837. The van der Waals surface area contributed by atoms with E-state index in [4.69, 9.17) is 0 Å². The van der Waals surface area contributed by atoms with Gasteiger partial charge in [-0.3, -0.25) is 19.8 Å². The number of nitrogens with zero attached hydrogens (tertiary/aromatic N) is 2. The molecule has 2 amide bonds. The lowest BCUT2D eigenvalue weighted by atomic mass is 10.1. The molecular weight excluding hydrogens is 334 g/mol. The molecule has 136 valence electrons. The minimum atomic E-state index is -0.421. The SMILES string of the molecule is O=C1CCC(C(=O)NCCCn2nc(-c3ccccc3)ccc2=O)NN1. The van der Waals surface area contributed by atoms with Crippen LogP contribution in [-0.4, -0.2) is 34.2 Å². The summed E-state index contributed by atoms with van der Waals surface area (Å²) < 4.78 is 1.41. The van der Waals surface area contributed by atoms with Crippen molar-refractivity contribution in [2.24, 2.45) is 0 Å². The van der Waals surface area contributed by atoms with Crippen LogP contribution in [0, 0.1) is 0 Å². The van der Waals surface area contributed by atoms with Crippen LogP contribution < -0.4 is 21.7 Å². The molecular formula is C18H21N5O3. The van der Waals surface area contributed by atoms with Crippen LogP contribution in [0.3, 0.4) is 0 Å². The van der Waals surface area contributed by atoms with E-state index in [0.29, 0.717) is 32.4 Å². The van der Waals surface area contributed by atoms with Crippen molar-refractivity contribution in [1.82, 2.24) is 25.9 Å². The number of benzene rings is 1. The summed E-state index contributed by atoms with van der Waals surface area (Å²) in [5.74, 6) is -0.277. The van der Waals surface area contributed by atoms with Crippen LogP contribution in [0.1, 0.15) is 19.3 Å². The van der Waals surface area contributed by atoms with Crippen LogP contribution in [-0.2, 0) is 16.1 Å². The Morgan fingerprint density at radius 1 is 1.19 bits per heavy atom. The van der Waals surface area contributed by atoms with Gasteiger partial charge in [0.25, 0.3) is 5.56 Å². The molecule has 1 unspecified atom stereocenters. The first-order valence-electron chi connectivity index (χ1n) is 8.59. The van der Waals surface area contributed by atoms with Crippen LogP contribution in [0.15, 0.2) is 47.3 Å². The molecule has 0 aliphatic carbocycles. The van der Waals surface area contributed by atoms with Gasteiger partial charge in [0.2, 0.25) is 11.8 Å². The van der Waals surface area contributed by atoms with Crippen molar-refractivity contribution in [1.29, 1.82) is 0 Å². The molecule has 3 rings (SSSR count). The van der Waals surface area contributed by atoms with Crippen molar-refractivity contribution in [3.05, 3.63) is 52.8 Å². The molecule has 0 bridgehead atoms. The maximum Gasteiger partial charge on any atom is 0.266 e. The third-order valence-electron chi connectivity index (χ3n) is 4.14. The van der Waals surface area contributed by atoms with Gasteiger partial charge in [-0.25, -0.2) is 10.1 Å². The number of rotatable bonds is 6. The normalized spacial score (nSPS) is 16.8. The summed E-state index contributed by atoms with van der Waals surface area (Å²) >= 11 is 0. The van der Waals surface area contributed by atoms with E-state index in [2.05, 4.69) is 21.3 Å². The van der Waals surface area contributed by atoms with Gasteiger partial charge in [-0.05, 0) is 18.9 Å². The molecule has 1 aromatic carbocycles. The molecule has 1 fully saturated rings. The van der Waals surface area contributed by atoms with E-state index >= 15 is 0 Å². The Morgan fingerprint density at radius 2 is 2.00 bits per heavy atom. The first-order chi connectivity index (χ1) is 12.6. The van der Waals surface area contributed by atoms with E-state index in [1.807, 2.05) is 30.3 Å². The fraction of sp³-hybridized carbons (Fsp3) is 0.333. The fourth-order valence-corrected chi connectivity index (χ4v) is 2.71. The quantitative estimate of drug-likeness (QED) is 0.642. The van der Waals surface area contributed by atoms with Crippen molar-refractivity contribution in [3.8, 4) is 11.3 Å². The number of carbonyl (C=O) groups excluding carboxylic acids is 2. The maximum atomic E-state index is 12.0. The molecule has 8 heteroatoms. The summed E-state index contributed by atoms with van der Waals surface area (Å²) in [6, 6.07) is 12.4. The standard InChI is InChI=1S/C18H21N5O3/c24-16-9-7-15(20-21-16)18(26)19-11-4-12-23-17(25)10-8-14(22-23)13-5-2-1-3-6-13/h1-3,5-6,8,10,15,20H,4,7,9,11-12H2,(H,19,26)(H,21,24). The first-order valence-corrected chi connectivity index (χ1v) is 8.59.